The number of aryl methyl sites for hydroxylation is 2. The van der Waals surface area contributed by atoms with Gasteiger partial charge in [0.1, 0.15) is 23.8 Å². The van der Waals surface area contributed by atoms with Crippen LogP contribution in [-0.4, -0.2) is 57.5 Å². The highest BCUT2D eigenvalue weighted by Crippen LogP contribution is 2.23. The molecule has 2 amide bonds. The minimum atomic E-state index is -0.459. The van der Waals surface area contributed by atoms with E-state index in [1.54, 1.807) is 67.0 Å². The summed E-state index contributed by atoms with van der Waals surface area (Å²) in [6.07, 6.45) is 0. The second-order valence-electron chi connectivity index (χ2n) is 12.3. The van der Waals surface area contributed by atoms with Crippen molar-refractivity contribution in [3.63, 3.8) is 0 Å². The summed E-state index contributed by atoms with van der Waals surface area (Å²) in [5.41, 5.74) is 6.13. The fraction of sp³-hybridized carbons (Fsp3) is 0.225. The first-order valence-electron chi connectivity index (χ1n) is 17.6. The van der Waals surface area contributed by atoms with Gasteiger partial charge in [0.2, 0.25) is 11.7 Å². The van der Waals surface area contributed by atoms with E-state index in [9.17, 15) is 19.7 Å². The van der Waals surface area contributed by atoms with Crippen LogP contribution in [0.5, 0.6) is 11.5 Å². The standard InChI is InChI=1S/C21H23N3O2S.C19H19N5O5/c1-15-7-3-5-9-19(15)24-16(2)11-22-21(25)18-8-4-6-10-20(18)26-12-17-13-27-14-23-17;1-13-22-18(23-29-13)12-28-17-9-5-2-6-14(17)19(25)21-11-10-20-15-7-3-4-8-16(15)24(26)27/h3-10,13-14,16,24H,11-12H2,1-2H3,(H,22,25);2-9,20H,10-12H2,1H3,(H,21,25). The maximum Gasteiger partial charge on any atom is 0.292 e. The molecule has 0 aliphatic carbocycles. The Bertz CT molecular complexity index is 2190. The molecule has 0 saturated heterocycles. The molecule has 16 heteroatoms. The highest BCUT2D eigenvalue weighted by Gasteiger charge is 2.16. The van der Waals surface area contributed by atoms with Crippen LogP contribution < -0.4 is 30.7 Å². The number of carbonyl (C=O) groups excluding carboxylic acids is 2. The SMILES string of the molecule is Cc1ccccc1NC(C)CNC(=O)c1ccccc1OCc1cscn1.Cc1nc(COc2ccccc2C(=O)NCCNc2ccccc2[N+](=O)[O-])no1. The molecule has 2 heterocycles. The Labute approximate surface area is 327 Å². The third-order valence-electron chi connectivity index (χ3n) is 7.99. The van der Waals surface area contributed by atoms with E-state index in [0.717, 1.165) is 11.4 Å². The second kappa shape index (κ2) is 20.6. The predicted molar refractivity (Wildman–Crippen MR) is 213 cm³/mol. The van der Waals surface area contributed by atoms with Crippen LogP contribution in [0.1, 0.15) is 50.6 Å². The van der Waals surface area contributed by atoms with Gasteiger partial charge in [-0.2, -0.15) is 4.98 Å². The summed E-state index contributed by atoms with van der Waals surface area (Å²) in [6, 6.07) is 28.6. The summed E-state index contributed by atoms with van der Waals surface area (Å²) in [4.78, 5) is 43.9. The van der Waals surface area contributed by atoms with Crippen molar-refractivity contribution >= 4 is 40.2 Å². The molecule has 0 aliphatic rings. The molecule has 56 heavy (non-hydrogen) atoms. The number of benzene rings is 4. The Balaban J connectivity index is 0.000000215. The van der Waals surface area contributed by atoms with Gasteiger partial charge in [-0.25, -0.2) is 4.98 Å². The number of ether oxygens (including phenoxy) is 2. The molecule has 1 atom stereocenters. The van der Waals surface area contributed by atoms with E-state index in [-0.39, 0.29) is 36.7 Å². The molecule has 4 aromatic carbocycles. The molecule has 2 aromatic heterocycles. The zero-order chi connectivity index (χ0) is 39.7. The number of hydrogen-bond donors (Lipinski definition) is 4. The van der Waals surface area contributed by atoms with Crippen LogP contribution in [-0.2, 0) is 13.2 Å². The molecule has 15 nitrogen and oxygen atoms in total. The van der Waals surface area contributed by atoms with Gasteiger partial charge >= 0.3 is 0 Å². The molecule has 290 valence electrons. The van der Waals surface area contributed by atoms with Gasteiger partial charge in [-0.3, -0.25) is 19.7 Å². The number of carbonyl (C=O) groups is 2. The first kappa shape index (κ1) is 40.4. The number of nitro groups is 1. The number of anilines is 2. The summed E-state index contributed by atoms with van der Waals surface area (Å²) < 4.78 is 16.3. The van der Waals surface area contributed by atoms with E-state index in [1.165, 1.54) is 23.0 Å². The molecular weight excluding hydrogens is 737 g/mol. The first-order chi connectivity index (χ1) is 27.2. The fourth-order valence-electron chi connectivity index (χ4n) is 5.21. The van der Waals surface area contributed by atoms with E-state index in [2.05, 4.69) is 49.4 Å². The number of thiazole rings is 1. The molecule has 0 saturated carbocycles. The minimum absolute atomic E-state index is 0.0192. The number of aromatic nitrogens is 3. The molecule has 0 spiro atoms. The topological polar surface area (TPSA) is 196 Å². The van der Waals surface area contributed by atoms with Crippen LogP contribution in [0.2, 0.25) is 0 Å². The van der Waals surface area contributed by atoms with Crippen LogP contribution in [0.25, 0.3) is 0 Å². The molecule has 6 rings (SSSR count). The van der Waals surface area contributed by atoms with Crippen LogP contribution >= 0.6 is 11.3 Å². The van der Waals surface area contributed by atoms with E-state index in [0.29, 0.717) is 59.7 Å². The van der Waals surface area contributed by atoms with Crippen LogP contribution in [0, 0.1) is 24.0 Å². The van der Waals surface area contributed by atoms with Crippen LogP contribution in [0.15, 0.2) is 112 Å². The van der Waals surface area contributed by atoms with E-state index in [1.807, 2.05) is 42.6 Å². The number of nitrogens with one attached hydrogen (secondary N) is 4. The lowest BCUT2D eigenvalue weighted by molar-refractivity contribution is -0.384. The number of rotatable bonds is 17. The highest BCUT2D eigenvalue weighted by atomic mass is 32.1. The molecule has 1 unspecified atom stereocenters. The monoisotopic (exact) mass is 778 g/mol. The quantitative estimate of drug-likeness (QED) is 0.0423. The van der Waals surface area contributed by atoms with Crippen molar-refractivity contribution < 1.29 is 28.5 Å². The van der Waals surface area contributed by atoms with Crippen molar-refractivity contribution in [2.24, 2.45) is 0 Å². The minimum Gasteiger partial charge on any atom is -0.486 e. The maximum atomic E-state index is 12.6. The van der Waals surface area contributed by atoms with Gasteiger partial charge in [0.05, 0.1) is 27.3 Å². The zero-order valence-corrected chi connectivity index (χ0v) is 31.9. The van der Waals surface area contributed by atoms with Gasteiger partial charge in [0.15, 0.2) is 6.61 Å². The third kappa shape index (κ3) is 12.1. The molecule has 0 aliphatic heterocycles. The van der Waals surface area contributed by atoms with Crippen molar-refractivity contribution in [2.75, 3.05) is 30.3 Å². The van der Waals surface area contributed by atoms with Crippen molar-refractivity contribution in [1.82, 2.24) is 25.8 Å². The van der Waals surface area contributed by atoms with Gasteiger partial charge in [0, 0.05) is 49.7 Å². The Hall–Kier alpha value is -6.81. The molecule has 0 radical (unpaired) electrons. The largest absolute Gasteiger partial charge is 0.486 e. The van der Waals surface area contributed by atoms with E-state index >= 15 is 0 Å². The lowest BCUT2D eigenvalue weighted by Crippen LogP contribution is -2.35. The van der Waals surface area contributed by atoms with Crippen molar-refractivity contribution in [3.05, 3.63) is 152 Å². The second-order valence-corrected chi connectivity index (χ2v) is 13.0. The van der Waals surface area contributed by atoms with Crippen molar-refractivity contribution in [3.8, 4) is 11.5 Å². The van der Waals surface area contributed by atoms with Crippen LogP contribution in [0.3, 0.4) is 0 Å². The Morgan fingerprint density at radius 2 is 1.45 bits per heavy atom. The summed E-state index contributed by atoms with van der Waals surface area (Å²) in [6.45, 7) is 7.29. The average Bonchev–Trinajstić information content (AvgIpc) is 3.90. The molecule has 0 bridgehead atoms. The predicted octanol–water partition coefficient (Wildman–Crippen LogP) is 6.97. The molecule has 6 aromatic rings. The molecule has 0 fully saturated rings. The molecular formula is C40H42N8O7S. The normalized spacial score (nSPS) is 11.0. The number of nitro benzene ring substituents is 1. The Morgan fingerprint density at radius 3 is 2.09 bits per heavy atom. The summed E-state index contributed by atoms with van der Waals surface area (Å²) in [5.74, 6) is 1.28. The summed E-state index contributed by atoms with van der Waals surface area (Å²) in [7, 11) is 0. The Morgan fingerprint density at radius 1 is 0.821 bits per heavy atom. The number of hydrogen-bond acceptors (Lipinski definition) is 13. The summed E-state index contributed by atoms with van der Waals surface area (Å²) >= 11 is 1.52. The first-order valence-corrected chi connectivity index (χ1v) is 18.6. The maximum absolute atomic E-state index is 12.6. The van der Waals surface area contributed by atoms with E-state index in [4.69, 9.17) is 14.0 Å². The smallest absolute Gasteiger partial charge is 0.292 e. The zero-order valence-electron chi connectivity index (χ0n) is 31.1. The van der Waals surface area contributed by atoms with Gasteiger partial charge < -0.3 is 35.3 Å². The van der Waals surface area contributed by atoms with Gasteiger partial charge in [0.25, 0.3) is 17.5 Å². The van der Waals surface area contributed by atoms with Gasteiger partial charge in [-0.1, -0.05) is 59.8 Å². The van der Waals surface area contributed by atoms with Crippen molar-refractivity contribution in [2.45, 2.75) is 40.0 Å². The average molecular weight is 779 g/mol. The number of nitrogens with zero attached hydrogens (tertiary/aromatic N) is 4. The highest BCUT2D eigenvalue weighted by molar-refractivity contribution is 7.07. The van der Waals surface area contributed by atoms with Gasteiger partial charge in [-0.05, 0) is 55.8 Å². The van der Waals surface area contributed by atoms with Gasteiger partial charge in [-0.15, -0.1) is 11.3 Å². The lowest BCUT2D eigenvalue weighted by Gasteiger charge is -2.18. The molecule has 4 N–H and O–H groups in total. The van der Waals surface area contributed by atoms with E-state index < -0.39 is 4.92 Å². The Kier molecular flexibility index (Phi) is 14.8. The lowest BCUT2D eigenvalue weighted by atomic mass is 10.1. The number of amides is 2. The number of para-hydroxylation sites is 5. The third-order valence-corrected chi connectivity index (χ3v) is 8.63. The van der Waals surface area contributed by atoms with Crippen molar-refractivity contribution in [1.29, 1.82) is 0 Å². The fourth-order valence-corrected chi connectivity index (χ4v) is 5.75. The van der Waals surface area contributed by atoms with Crippen LogP contribution in [0.4, 0.5) is 17.1 Å². The summed E-state index contributed by atoms with van der Waals surface area (Å²) in [5, 5.41) is 28.8.